The van der Waals surface area contributed by atoms with Gasteiger partial charge in [0.05, 0.1) is 11.0 Å². The number of para-hydroxylation sites is 1. The molecule has 138 valence electrons. The molecule has 0 atom stereocenters. The van der Waals surface area contributed by atoms with E-state index in [9.17, 15) is 9.18 Å². The summed E-state index contributed by atoms with van der Waals surface area (Å²) in [5.74, 6) is -0.0753. The number of pyridine rings is 2. The summed E-state index contributed by atoms with van der Waals surface area (Å²) in [6.45, 7) is 0.292. The van der Waals surface area contributed by atoms with Gasteiger partial charge >= 0.3 is 0 Å². The summed E-state index contributed by atoms with van der Waals surface area (Å²) in [7, 11) is 0. The van der Waals surface area contributed by atoms with Crippen molar-refractivity contribution in [3.63, 3.8) is 0 Å². The maximum absolute atomic E-state index is 13.7. The molecule has 2 aromatic carbocycles. The standard InChI is InChI=1S/C22H16FN3O2/c23-17-7-1-2-9-21(17)28-16-6-3-5-15(13-16)14-25-22(27)20-11-10-18-19(26-20)8-4-12-24-18/h1-13H,14H2,(H,25,27). The van der Waals surface area contributed by atoms with Crippen molar-refractivity contribution in [1.29, 1.82) is 0 Å². The first-order valence-corrected chi connectivity index (χ1v) is 8.70. The van der Waals surface area contributed by atoms with E-state index < -0.39 is 5.82 Å². The number of halogens is 1. The summed E-state index contributed by atoms with van der Waals surface area (Å²) in [5, 5.41) is 2.83. The van der Waals surface area contributed by atoms with E-state index in [0.29, 0.717) is 23.5 Å². The molecule has 0 aliphatic rings. The third-order valence-corrected chi connectivity index (χ3v) is 4.10. The Balaban J connectivity index is 1.44. The molecule has 0 aliphatic heterocycles. The molecule has 0 radical (unpaired) electrons. The fourth-order valence-corrected chi connectivity index (χ4v) is 2.73. The van der Waals surface area contributed by atoms with Crippen molar-refractivity contribution in [1.82, 2.24) is 15.3 Å². The zero-order chi connectivity index (χ0) is 19.3. The van der Waals surface area contributed by atoms with Crippen LogP contribution >= 0.6 is 0 Å². The van der Waals surface area contributed by atoms with Crippen LogP contribution < -0.4 is 10.1 Å². The summed E-state index contributed by atoms with van der Waals surface area (Å²) < 4.78 is 19.3. The van der Waals surface area contributed by atoms with Crippen molar-refractivity contribution < 1.29 is 13.9 Å². The number of fused-ring (bicyclic) bond motifs is 1. The van der Waals surface area contributed by atoms with Gasteiger partial charge in [-0.05, 0) is 54.1 Å². The molecular weight excluding hydrogens is 357 g/mol. The lowest BCUT2D eigenvalue weighted by molar-refractivity contribution is 0.0946. The number of hydrogen-bond donors (Lipinski definition) is 1. The van der Waals surface area contributed by atoms with Crippen LogP contribution in [-0.4, -0.2) is 15.9 Å². The molecule has 0 unspecified atom stereocenters. The normalized spacial score (nSPS) is 10.6. The molecule has 0 saturated heterocycles. The van der Waals surface area contributed by atoms with Gasteiger partial charge in [-0.1, -0.05) is 24.3 Å². The van der Waals surface area contributed by atoms with E-state index in [1.807, 2.05) is 12.1 Å². The molecule has 0 saturated carbocycles. The highest BCUT2D eigenvalue weighted by atomic mass is 19.1. The van der Waals surface area contributed by atoms with Gasteiger partial charge in [-0.25, -0.2) is 9.37 Å². The van der Waals surface area contributed by atoms with Crippen LogP contribution in [0.25, 0.3) is 11.0 Å². The van der Waals surface area contributed by atoms with Crippen LogP contribution in [0.2, 0.25) is 0 Å². The predicted octanol–water partition coefficient (Wildman–Crippen LogP) is 4.49. The molecule has 0 fully saturated rings. The number of aromatic nitrogens is 2. The highest BCUT2D eigenvalue weighted by Gasteiger charge is 2.09. The first kappa shape index (κ1) is 17.6. The molecule has 2 heterocycles. The molecule has 6 heteroatoms. The summed E-state index contributed by atoms with van der Waals surface area (Å²) in [6.07, 6.45) is 1.68. The largest absolute Gasteiger partial charge is 0.454 e. The van der Waals surface area contributed by atoms with E-state index in [-0.39, 0.29) is 11.7 Å². The second-order valence-electron chi connectivity index (χ2n) is 6.10. The van der Waals surface area contributed by atoms with E-state index >= 15 is 0 Å². The minimum Gasteiger partial charge on any atom is -0.454 e. The van der Waals surface area contributed by atoms with Crippen molar-refractivity contribution in [2.24, 2.45) is 0 Å². The number of benzene rings is 2. The van der Waals surface area contributed by atoms with Gasteiger partial charge in [0.25, 0.3) is 5.91 Å². The quantitative estimate of drug-likeness (QED) is 0.560. The number of carbonyl (C=O) groups is 1. The Hall–Kier alpha value is -3.80. The predicted molar refractivity (Wildman–Crippen MR) is 104 cm³/mol. The zero-order valence-electron chi connectivity index (χ0n) is 14.8. The number of ether oxygens (including phenoxy) is 1. The van der Waals surface area contributed by atoms with Crippen molar-refractivity contribution in [2.75, 3.05) is 0 Å². The first-order chi connectivity index (χ1) is 13.7. The molecule has 1 N–H and O–H groups in total. The van der Waals surface area contributed by atoms with E-state index in [2.05, 4.69) is 15.3 Å². The van der Waals surface area contributed by atoms with Crippen LogP contribution in [0.1, 0.15) is 16.1 Å². The maximum Gasteiger partial charge on any atom is 0.270 e. The molecule has 4 rings (SSSR count). The van der Waals surface area contributed by atoms with Crippen LogP contribution in [0.15, 0.2) is 79.0 Å². The minimum atomic E-state index is -0.432. The molecule has 28 heavy (non-hydrogen) atoms. The van der Waals surface area contributed by atoms with E-state index in [1.165, 1.54) is 6.07 Å². The number of nitrogens with one attached hydrogen (secondary N) is 1. The second-order valence-corrected chi connectivity index (χ2v) is 6.10. The summed E-state index contributed by atoms with van der Waals surface area (Å²) in [6, 6.07) is 20.3. The van der Waals surface area contributed by atoms with Crippen molar-refractivity contribution in [3.05, 3.63) is 96.1 Å². The van der Waals surface area contributed by atoms with Gasteiger partial charge in [-0.3, -0.25) is 9.78 Å². The van der Waals surface area contributed by atoms with Crippen molar-refractivity contribution in [3.8, 4) is 11.5 Å². The average molecular weight is 373 g/mol. The molecule has 4 aromatic rings. The molecule has 0 bridgehead atoms. The van der Waals surface area contributed by atoms with E-state index in [4.69, 9.17) is 4.74 Å². The summed E-state index contributed by atoms with van der Waals surface area (Å²) >= 11 is 0. The Morgan fingerprint density at radius 3 is 2.75 bits per heavy atom. The van der Waals surface area contributed by atoms with Gasteiger partial charge in [-0.15, -0.1) is 0 Å². The van der Waals surface area contributed by atoms with Gasteiger partial charge in [0.2, 0.25) is 0 Å². The summed E-state index contributed by atoms with van der Waals surface area (Å²) in [4.78, 5) is 20.9. The first-order valence-electron chi connectivity index (χ1n) is 8.70. The summed E-state index contributed by atoms with van der Waals surface area (Å²) in [5.41, 5.74) is 2.54. The van der Waals surface area contributed by atoms with Crippen LogP contribution in [0.3, 0.4) is 0 Å². The van der Waals surface area contributed by atoms with Gasteiger partial charge < -0.3 is 10.1 Å². The Kier molecular flexibility index (Phi) is 4.93. The highest BCUT2D eigenvalue weighted by Crippen LogP contribution is 2.24. The third-order valence-electron chi connectivity index (χ3n) is 4.10. The lowest BCUT2D eigenvalue weighted by atomic mass is 10.2. The Labute approximate surface area is 160 Å². The van der Waals surface area contributed by atoms with Crippen LogP contribution in [0.4, 0.5) is 4.39 Å². The smallest absolute Gasteiger partial charge is 0.270 e. The molecule has 2 aromatic heterocycles. The second kappa shape index (κ2) is 7.84. The SMILES string of the molecule is O=C(NCc1cccc(Oc2ccccc2F)c1)c1ccc2ncccc2n1. The molecule has 0 aliphatic carbocycles. The zero-order valence-corrected chi connectivity index (χ0v) is 14.8. The van der Waals surface area contributed by atoms with Crippen LogP contribution in [0.5, 0.6) is 11.5 Å². The van der Waals surface area contributed by atoms with Crippen LogP contribution in [0, 0.1) is 5.82 Å². The van der Waals surface area contributed by atoms with Crippen LogP contribution in [-0.2, 0) is 6.54 Å². The minimum absolute atomic E-state index is 0.151. The fourth-order valence-electron chi connectivity index (χ4n) is 2.73. The number of carbonyl (C=O) groups excluding carboxylic acids is 1. The van der Waals surface area contributed by atoms with Gasteiger partial charge in [0.1, 0.15) is 11.4 Å². The Morgan fingerprint density at radius 2 is 1.86 bits per heavy atom. The van der Waals surface area contributed by atoms with Gasteiger partial charge in [0, 0.05) is 12.7 Å². The van der Waals surface area contributed by atoms with Crippen molar-refractivity contribution in [2.45, 2.75) is 6.54 Å². The average Bonchev–Trinajstić information content (AvgIpc) is 2.73. The monoisotopic (exact) mass is 373 g/mol. The molecule has 1 amide bonds. The Morgan fingerprint density at radius 1 is 0.964 bits per heavy atom. The van der Waals surface area contributed by atoms with Gasteiger partial charge in [-0.2, -0.15) is 0 Å². The number of amides is 1. The lowest BCUT2D eigenvalue weighted by Crippen LogP contribution is -2.23. The Bertz CT molecular complexity index is 1150. The molecular formula is C22H16FN3O2. The molecule has 0 spiro atoms. The highest BCUT2D eigenvalue weighted by molar-refractivity contribution is 5.94. The molecule has 5 nitrogen and oxygen atoms in total. The van der Waals surface area contributed by atoms with E-state index in [0.717, 1.165) is 11.1 Å². The van der Waals surface area contributed by atoms with E-state index in [1.54, 1.807) is 60.8 Å². The fraction of sp³-hybridized carbons (Fsp3) is 0.0455. The number of nitrogens with zero attached hydrogens (tertiary/aromatic N) is 2. The van der Waals surface area contributed by atoms with Gasteiger partial charge in [0.15, 0.2) is 11.6 Å². The van der Waals surface area contributed by atoms with Crippen molar-refractivity contribution >= 4 is 16.9 Å². The number of hydrogen-bond acceptors (Lipinski definition) is 4. The third kappa shape index (κ3) is 3.96. The maximum atomic E-state index is 13.7. The topological polar surface area (TPSA) is 64.1 Å². The number of rotatable bonds is 5. The lowest BCUT2D eigenvalue weighted by Gasteiger charge is -2.09.